The van der Waals surface area contributed by atoms with Gasteiger partial charge in [0.25, 0.3) is 5.56 Å². The number of amides is 2. The van der Waals surface area contributed by atoms with Gasteiger partial charge in [-0.3, -0.25) is 19.4 Å². The maximum atomic E-state index is 13.1. The molecule has 3 heterocycles. The van der Waals surface area contributed by atoms with Gasteiger partial charge in [-0.25, -0.2) is 4.98 Å². The van der Waals surface area contributed by atoms with E-state index in [2.05, 4.69) is 20.4 Å². The molecule has 164 valence electrons. The average Bonchev–Trinajstić information content (AvgIpc) is 3.40. The van der Waals surface area contributed by atoms with Gasteiger partial charge in [0.15, 0.2) is 0 Å². The molecule has 1 saturated heterocycles. The van der Waals surface area contributed by atoms with Crippen molar-refractivity contribution in [3.8, 4) is 5.95 Å². The van der Waals surface area contributed by atoms with Crippen molar-refractivity contribution in [3.63, 3.8) is 0 Å². The number of benzene rings is 1. The molecule has 2 N–H and O–H groups in total. The van der Waals surface area contributed by atoms with E-state index in [1.165, 1.54) is 10.7 Å². The number of nitrogens with one attached hydrogen (secondary N) is 2. The second kappa shape index (κ2) is 7.74. The molecule has 1 unspecified atom stereocenters. The van der Waals surface area contributed by atoms with Crippen molar-refractivity contribution in [2.75, 3.05) is 16.8 Å². The fraction of sp³-hybridized carbons (Fsp3) is 0.348. The molecule has 1 aromatic carbocycles. The number of carbonyl (C=O) groups is 2. The van der Waals surface area contributed by atoms with Crippen LogP contribution in [-0.2, 0) is 9.59 Å². The Morgan fingerprint density at radius 1 is 1.12 bits per heavy atom. The first-order chi connectivity index (χ1) is 15.4. The van der Waals surface area contributed by atoms with Gasteiger partial charge >= 0.3 is 0 Å². The normalized spacial score (nSPS) is 18.2. The molecule has 0 spiro atoms. The summed E-state index contributed by atoms with van der Waals surface area (Å²) in [5, 5.41) is 7.50. The Kier molecular flexibility index (Phi) is 4.88. The van der Waals surface area contributed by atoms with E-state index in [9.17, 15) is 14.4 Å². The summed E-state index contributed by atoms with van der Waals surface area (Å²) < 4.78 is 1.47. The van der Waals surface area contributed by atoms with E-state index in [0.717, 1.165) is 29.8 Å². The van der Waals surface area contributed by atoms with E-state index in [-0.39, 0.29) is 29.7 Å². The molecule has 1 saturated carbocycles. The molecule has 0 bridgehead atoms. The Morgan fingerprint density at radius 2 is 1.88 bits per heavy atom. The van der Waals surface area contributed by atoms with E-state index < -0.39 is 5.92 Å². The summed E-state index contributed by atoms with van der Waals surface area (Å²) in [5.41, 5.74) is 3.02. The lowest BCUT2D eigenvalue weighted by Gasteiger charge is -2.17. The van der Waals surface area contributed by atoms with Crippen molar-refractivity contribution < 1.29 is 9.59 Å². The van der Waals surface area contributed by atoms with Crippen LogP contribution in [0.2, 0.25) is 0 Å². The number of aromatic amines is 1. The first kappa shape index (κ1) is 20.2. The van der Waals surface area contributed by atoms with E-state index in [4.69, 9.17) is 0 Å². The minimum absolute atomic E-state index is 0.0779. The Labute approximate surface area is 184 Å². The highest BCUT2D eigenvalue weighted by Crippen LogP contribution is 2.40. The van der Waals surface area contributed by atoms with Crippen molar-refractivity contribution in [1.29, 1.82) is 0 Å². The zero-order valence-electron chi connectivity index (χ0n) is 18.0. The maximum absolute atomic E-state index is 13.1. The van der Waals surface area contributed by atoms with E-state index in [1.54, 1.807) is 11.8 Å². The molecule has 9 heteroatoms. The molecular formula is C23H24N6O3. The van der Waals surface area contributed by atoms with Gasteiger partial charge in [-0.05, 0) is 38.8 Å². The number of carbonyl (C=O) groups excluding carboxylic acids is 2. The van der Waals surface area contributed by atoms with Crippen LogP contribution < -0.4 is 15.8 Å². The molecule has 2 aliphatic rings. The van der Waals surface area contributed by atoms with Crippen molar-refractivity contribution in [2.24, 2.45) is 5.92 Å². The molecule has 0 radical (unpaired) electrons. The number of hydrogen-bond acceptors (Lipinski definition) is 5. The number of aryl methyl sites for hydroxylation is 2. The third-order valence-electron chi connectivity index (χ3n) is 5.87. The zero-order chi connectivity index (χ0) is 22.4. The molecule has 1 aliphatic carbocycles. The maximum Gasteiger partial charge on any atom is 0.252 e. The molecule has 1 aliphatic heterocycles. The first-order valence-corrected chi connectivity index (χ1v) is 10.7. The highest BCUT2D eigenvalue weighted by molar-refractivity contribution is 6.03. The molecule has 1 atom stereocenters. The highest BCUT2D eigenvalue weighted by Gasteiger charge is 2.36. The minimum Gasteiger partial charge on any atom is -0.312 e. The van der Waals surface area contributed by atoms with Crippen molar-refractivity contribution >= 4 is 23.3 Å². The van der Waals surface area contributed by atoms with Gasteiger partial charge < -0.3 is 10.2 Å². The standard InChI is InChI=1S/C23H24N6O3/c1-13-3-7-17(8-4-13)28-12-16(10-21(28)31)22(32)25-19-11-18(15-5-6-15)27-29(19)23-24-14(2)9-20(30)26-23/h3-4,7-9,11,15-16H,5-6,10,12H2,1-2H3,(H,25,32)(H,24,26,30). The Bertz CT molecular complexity index is 1260. The molecule has 2 amide bonds. The van der Waals surface area contributed by atoms with Gasteiger partial charge in [-0.1, -0.05) is 17.7 Å². The summed E-state index contributed by atoms with van der Waals surface area (Å²) in [7, 11) is 0. The topological polar surface area (TPSA) is 113 Å². The van der Waals surface area contributed by atoms with Crippen LogP contribution in [0, 0.1) is 19.8 Å². The van der Waals surface area contributed by atoms with Crippen LogP contribution in [0.25, 0.3) is 5.95 Å². The Balaban J connectivity index is 1.39. The molecule has 3 aromatic rings. The van der Waals surface area contributed by atoms with E-state index in [1.807, 2.05) is 37.3 Å². The van der Waals surface area contributed by atoms with Gasteiger partial charge in [-0.2, -0.15) is 9.78 Å². The number of anilines is 2. The summed E-state index contributed by atoms with van der Waals surface area (Å²) >= 11 is 0. The second-order valence-corrected chi connectivity index (χ2v) is 8.58. The summed E-state index contributed by atoms with van der Waals surface area (Å²) in [4.78, 5) is 46.3. The fourth-order valence-electron chi connectivity index (χ4n) is 3.98. The summed E-state index contributed by atoms with van der Waals surface area (Å²) in [6, 6.07) is 10.9. The van der Waals surface area contributed by atoms with Crippen LogP contribution in [-0.4, -0.2) is 38.1 Å². The lowest BCUT2D eigenvalue weighted by atomic mass is 10.1. The van der Waals surface area contributed by atoms with E-state index in [0.29, 0.717) is 24.0 Å². The zero-order valence-corrected chi connectivity index (χ0v) is 18.0. The smallest absolute Gasteiger partial charge is 0.252 e. The lowest BCUT2D eigenvalue weighted by Crippen LogP contribution is -2.28. The van der Waals surface area contributed by atoms with Crippen LogP contribution in [0.15, 0.2) is 41.2 Å². The molecule has 2 aromatic heterocycles. The van der Waals surface area contributed by atoms with Gasteiger partial charge in [0, 0.05) is 42.4 Å². The summed E-state index contributed by atoms with van der Waals surface area (Å²) in [5.74, 6) is 0.222. The molecular weight excluding hydrogens is 408 g/mol. The molecule has 32 heavy (non-hydrogen) atoms. The van der Waals surface area contributed by atoms with Crippen LogP contribution in [0.3, 0.4) is 0 Å². The van der Waals surface area contributed by atoms with Gasteiger partial charge in [0.1, 0.15) is 5.82 Å². The molecule has 2 fully saturated rings. The number of nitrogens with zero attached hydrogens (tertiary/aromatic N) is 4. The highest BCUT2D eigenvalue weighted by atomic mass is 16.2. The second-order valence-electron chi connectivity index (χ2n) is 8.58. The third kappa shape index (κ3) is 3.93. The SMILES string of the molecule is Cc1ccc(N2CC(C(=O)Nc3cc(C4CC4)nn3-c3nc(C)cc(=O)[nH]3)CC2=O)cc1. The predicted octanol–water partition coefficient (Wildman–Crippen LogP) is 2.44. The van der Waals surface area contributed by atoms with Crippen molar-refractivity contribution in [2.45, 2.75) is 39.0 Å². The summed E-state index contributed by atoms with van der Waals surface area (Å²) in [6.45, 7) is 4.03. The minimum atomic E-state index is -0.485. The van der Waals surface area contributed by atoms with Crippen molar-refractivity contribution in [3.05, 3.63) is 63.7 Å². The third-order valence-corrected chi connectivity index (χ3v) is 5.87. The lowest BCUT2D eigenvalue weighted by molar-refractivity contribution is -0.122. The quantitative estimate of drug-likeness (QED) is 0.643. The monoisotopic (exact) mass is 432 g/mol. The summed E-state index contributed by atoms with van der Waals surface area (Å²) in [6.07, 6.45) is 2.23. The number of aromatic nitrogens is 4. The number of hydrogen-bond donors (Lipinski definition) is 2. The average molecular weight is 432 g/mol. The van der Waals surface area contributed by atoms with Crippen molar-refractivity contribution in [1.82, 2.24) is 19.7 Å². The Hall–Kier alpha value is -3.75. The molecule has 5 rings (SSSR count). The fourth-order valence-corrected chi connectivity index (χ4v) is 3.98. The van der Waals surface area contributed by atoms with Gasteiger partial charge in [-0.15, -0.1) is 0 Å². The number of H-pyrrole nitrogens is 1. The van der Waals surface area contributed by atoms with Gasteiger partial charge in [0.05, 0.1) is 11.6 Å². The van der Waals surface area contributed by atoms with Crippen LogP contribution in [0.1, 0.15) is 42.1 Å². The largest absolute Gasteiger partial charge is 0.312 e. The van der Waals surface area contributed by atoms with Crippen LogP contribution in [0.4, 0.5) is 11.5 Å². The first-order valence-electron chi connectivity index (χ1n) is 10.7. The van der Waals surface area contributed by atoms with Crippen LogP contribution in [0.5, 0.6) is 0 Å². The van der Waals surface area contributed by atoms with Gasteiger partial charge in [0.2, 0.25) is 17.8 Å². The molecule has 9 nitrogen and oxygen atoms in total. The number of rotatable bonds is 5. The van der Waals surface area contributed by atoms with Crippen LogP contribution >= 0.6 is 0 Å². The van der Waals surface area contributed by atoms with E-state index >= 15 is 0 Å². The Morgan fingerprint density at radius 3 is 2.56 bits per heavy atom. The predicted molar refractivity (Wildman–Crippen MR) is 119 cm³/mol.